The third-order valence-electron chi connectivity index (χ3n) is 2.14. The number of hydrogen-bond acceptors (Lipinski definition) is 1. The van der Waals surface area contributed by atoms with Crippen LogP contribution in [0.15, 0.2) is 0 Å². The first-order chi connectivity index (χ1) is 5.15. The zero-order valence-corrected chi connectivity index (χ0v) is 7.69. The van der Waals surface area contributed by atoms with Crippen molar-refractivity contribution in [2.45, 2.75) is 38.1 Å². The fourth-order valence-corrected chi connectivity index (χ4v) is 1.24. The quantitative estimate of drug-likeness (QED) is 0.648. The van der Waals surface area contributed by atoms with Crippen molar-refractivity contribution in [3.8, 4) is 0 Å². The van der Waals surface area contributed by atoms with Gasteiger partial charge >= 0.3 is 0 Å². The molecule has 3 unspecified atom stereocenters. The van der Waals surface area contributed by atoms with E-state index in [4.69, 9.17) is 11.6 Å². The molecule has 1 rings (SSSR count). The minimum absolute atomic E-state index is 0.0346. The average molecular weight is 176 g/mol. The molecule has 1 aliphatic rings. The predicted molar refractivity (Wildman–Crippen MR) is 45.6 cm³/mol. The molecule has 11 heavy (non-hydrogen) atoms. The highest BCUT2D eigenvalue weighted by molar-refractivity contribution is 6.30. The number of halogens is 1. The molecule has 0 heterocycles. The molecule has 0 saturated heterocycles. The topological polar surface area (TPSA) is 29.1 Å². The van der Waals surface area contributed by atoms with E-state index in [9.17, 15) is 4.79 Å². The van der Waals surface area contributed by atoms with Crippen LogP contribution in [0.5, 0.6) is 0 Å². The van der Waals surface area contributed by atoms with Crippen LogP contribution in [0.2, 0.25) is 0 Å². The summed E-state index contributed by atoms with van der Waals surface area (Å²) in [5, 5.41) is 2.49. The van der Waals surface area contributed by atoms with E-state index in [2.05, 4.69) is 12.2 Å². The summed E-state index contributed by atoms with van der Waals surface area (Å²) < 4.78 is 0. The predicted octanol–water partition coefficient (Wildman–Crippen LogP) is 1.53. The van der Waals surface area contributed by atoms with E-state index in [0.29, 0.717) is 12.0 Å². The molecule has 1 aliphatic carbocycles. The van der Waals surface area contributed by atoms with E-state index in [1.807, 2.05) is 0 Å². The summed E-state index contributed by atoms with van der Waals surface area (Å²) in [5.74, 6) is 0.669. The molecular weight excluding hydrogens is 162 g/mol. The van der Waals surface area contributed by atoms with Gasteiger partial charge in [0.25, 0.3) is 0 Å². The van der Waals surface area contributed by atoms with Gasteiger partial charge in [-0.15, -0.1) is 11.6 Å². The summed E-state index contributed by atoms with van der Waals surface area (Å²) >= 11 is 5.58. The van der Waals surface area contributed by atoms with E-state index in [1.54, 1.807) is 6.92 Å². The summed E-state index contributed by atoms with van der Waals surface area (Å²) in [4.78, 5) is 11.0. The van der Waals surface area contributed by atoms with Crippen LogP contribution in [-0.2, 0) is 4.79 Å². The van der Waals surface area contributed by atoms with Crippen LogP contribution in [0.25, 0.3) is 0 Å². The standard InChI is InChI=1S/C8H14ClNO/c1-3-6-4-7(6)10-8(11)5(2)9/h5-7H,3-4H2,1-2H3,(H,10,11). The number of hydrogen-bond donors (Lipinski definition) is 1. The number of amides is 1. The van der Waals surface area contributed by atoms with Crippen LogP contribution in [0.4, 0.5) is 0 Å². The van der Waals surface area contributed by atoms with Crippen molar-refractivity contribution in [3.05, 3.63) is 0 Å². The molecule has 0 aromatic heterocycles. The minimum atomic E-state index is -0.395. The van der Waals surface area contributed by atoms with Crippen molar-refractivity contribution in [1.82, 2.24) is 5.32 Å². The summed E-state index contributed by atoms with van der Waals surface area (Å²) in [6, 6.07) is 0.411. The molecule has 0 aromatic carbocycles. The Hall–Kier alpha value is -0.240. The molecule has 1 N–H and O–H groups in total. The highest BCUT2D eigenvalue weighted by Gasteiger charge is 2.36. The summed E-state index contributed by atoms with van der Waals surface area (Å²) in [6.45, 7) is 3.83. The van der Waals surface area contributed by atoms with Crippen LogP contribution in [0.1, 0.15) is 26.7 Å². The molecule has 1 saturated carbocycles. The summed E-state index contributed by atoms with van der Waals surface area (Å²) in [5.41, 5.74) is 0. The van der Waals surface area contributed by atoms with Gasteiger partial charge in [0.1, 0.15) is 5.38 Å². The van der Waals surface area contributed by atoms with Crippen molar-refractivity contribution < 1.29 is 4.79 Å². The van der Waals surface area contributed by atoms with Crippen molar-refractivity contribution in [1.29, 1.82) is 0 Å². The largest absolute Gasteiger partial charge is 0.352 e. The second-order valence-electron chi connectivity index (χ2n) is 3.14. The van der Waals surface area contributed by atoms with Gasteiger partial charge in [0, 0.05) is 6.04 Å². The van der Waals surface area contributed by atoms with E-state index in [-0.39, 0.29) is 5.91 Å². The smallest absolute Gasteiger partial charge is 0.237 e. The number of rotatable bonds is 3. The number of alkyl halides is 1. The van der Waals surface area contributed by atoms with Crippen LogP contribution in [0, 0.1) is 5.92 Å². The van der Waals surface area contributed by atoms with Crippen LogP contribution < -0.4 is 5.32 Å². The molecule has 0 bridgehead atoms. The van der Waals surface area contributed by atoms with E-state index >= 15 is 0 Å². The lowest BCUT2D eigenvalue weighted by Gasteiger charge is -2.04. The van der Waals surface area contributed by atoms with Crippen molar-refractivity contribution in [3.63, 3.8) is 0 Å². The number of carbonyl (C=O) groups excluding carboxylic acids is 1. The first-order valence-electron chi connectivity index (χ1n) is 4.09. The maximum absolute atomic E-state index is 11.0. The molecule has 0 radical (unpaired) electrons. The van der Waals surface area contributed by atoms with Gasteiger partial charge in [0.2, 0.25) is 5.91 Å². The Morgan fingerprint density at radius 1 is 1.82 bits per heavy atom. The first-order valence-corrected chi connectivity index (χ1v) is 4.53. The fraction of sp³-hybridized carbons (Fsp3) is 0.875. The second kappa shape index (κ2) is 3.44. The van der Waals surface area contributed by atoms with Crippen LogP contribution in [-0.4, -0.2) is 17.3 Å². The third-order valence-corrected chi connectivity index (χ3v) is 2.33. The monoisotopic (exact) mass is 175 g/mol. The molecule has 0 aromatic rings. The van der Waals surface area contributed by atoms with Crippen molar-refractivity contribution in [2.24, 2.45) is 5.92 Å². The SMILES string of the molecule is CCC1CC1NC(=O)C(C)Cl. The van der Waals surface area contributed by atoms with Crippen molar-refractivity contribution in [2.75, 3.05) is 0 Å². The average Bonchev–Trinajstić information content (AvgIpc) is 2.67. The Morgan fingerprint density at radius 3 is 2.82 bits per heavy atom. The van der Waals surface area contributed by atoms with Gasteiger partial charge in [-0.3, -0.25) is 4.79 Å². The summed E-state index contributed by atoms with van der Waals surface area (Å²) in [6.07, 6.45) is 2.29. The van der Waals surface area contributed by atoms with E-state index in [1.165, 1.54) is 0 Å². The van der Waals surface area contributed by atoms with Gasteiger partial charge in [0.15, 0.2) is 0 Å². The molecule has 64 valence electrons. The van der Waals surface area contributed by atoms with Gasteiger partial charge in [-0.05, 0) is 19.3 Å². The zero-order valence-electron chi connectivity index (χ0n) is 6.93. The second-order valence-corrected chi connectivity index (χ2v) is 3.79. The molecule has 0 spiro atoms. The van der Waals surface area contributed by atoms with Gasteiger partial charge in [-0.25, -0.2) is 0 Å². The highest BCUT2D eigenvalue weighted by Crippen LogP contribution is 2.33. The Kier molecular flexibility index (Phi) is 2.77. The van der Waals surface area contributed by atoms with E-state index < -0.39 is 5.38 Å². The lowest BCUT2D eigenvalue weighted by Crippen LogP contribution is -2.32. The van der Waals surface area contributed by atoms with Gasteiger partial charge in [-0.2, -0.15) is 0 Å². The Morgan fingerprint density at radius 2 is 2.45 bits per heavy atom. The minimum Gasteiger partial charge on any atom is -0.352 e. The Labute approximate surface area is 72.3 Å². The molecule has 2 nitrogen and oxygen atoms in total. The highest BCUT2D eigenvalue weighted by atomic mass is 35.5. The molecule has 3 heteroatoms. The van der Waals surface area contributed by atoms with Crippen LogP contribution >= 0.6 is 11.6 Å². The third kappa shape index (κ3) is 2.37. The van der Waals surface area contributed by atoms with Crippen molar-refractivity contribution >= 4 is 17.5 Å². The molecule has 0 aliphatic heterocycles. The van der Waals surface area contributed by atoms with Crippen LogP contribution in [0.3, 0.4) is 0 Å². The summed E-state index contributed by atoms with van der Waals surface area (Å²) in [7, 11) is 0. The van der Waals surface area contributed by atoms with E-state index in [0.717, 1.165) is 12.8 Å². The first kappa shape index (κ1) is 8.85. The Bertz CT molecular complexity index is 158. The lowest BCUT2D eigenvalue weighted by atomic mass is 10.3. The fourth-order valence-electron chi connectivity index (χ4n) is 1.17. The normalized spacial score (nSPS) is 31.2. The number of nitrogens with one attached hydrogen (secondary N) is 1. The maximum Gasteiger partial charge on any atom is 0.237 e. The molecule has 1 fully saturated rings. The zero-order chi connectivity index (χ0) is 8.43. The van der Waals surface area contributed by atoms with Gasteiger partial charge in [-0.1, -0.05) is 13.3 Å². The maximum atomic E-state index is 11.0. The number of carbonyl (C=O) groups is 1. The Balaban J connectivity index is 2.18. The van der Waals surface area contributed by atoms with Gasteiger partial charge < -0.3 is 5.32 Å². The molecule has 1 amide bonds. The molecule has 3 atom stereocenters. The molecular formula is C8H14ClNO. The lowest BCUT2D eigenvalue weighted by molar-refractivity contribution is -0.120. The van der Waals surface area contributed by atoms with Gasteiger partial charge in [0.05, 0.1) is 0 Å².